The van der Waals surface area contributed by atoms with Gasteiger partial charge in [0.25, 0.3) is 0 Å². The van der Waals surface area contributed by atoms with Crippen LogP contribution in [-0.4, -0.2) is 7.05 Å². The van der Waals surface area contributed by atoms with Crippen molar-refractivity contribution >= 4 is 34.2 Å². The molecule has 0 fully saturated rings. The molecule has 2 rings (SSSR count). The number of benzene rings is 2. The second-order valence-electron chi connectivity index (χ2n) is 4.40. The zero-order valence-electron chi connectivity index (χ0n) is 10.7. The molecule has 0 bridgehead atoms. The molecule has 1 nitrogen and oxygen atoms in total. The number of hydrogen-bond donors (Lipinski definition) is 1. The minimum atomic E-state index is -0.181. The predicted octanol–water partition coefficient (Wildman–Crippen LogP) is 4.70. The highest BCUT2D eigenvalue weighted by Crippen LogP contribution is 2.29. The molecule has 0 aliphatic heterocycles. The van der Waals surface area contributed by atoms with Crippen molar-refractivity contribution < 1.29 is 4.39 Å². The van der Waals surface area contributed by atoms with Crippen LogP contribution in [0.1, 0.15) is 22.7 Å². The molecule has 100 valence electrons. The third-order valence-corrected chi connectivity index (χ3v) is 4.29. The van der Waals surface area contributed by atoms with E-state index in [4.69, 9.17) is 11.6 Å². The van der Waals surface area contributed by atoms with Gasteiger partial charge in [-0.1, -0.05) is 23.7 Å². The molecule has 0 aliphatic rings. The van der Waals surface area contributed by atoms with Gasteiger partial charge in [-0.2, -0.15) is 0 Å². The van der Waals surface area contributed by atoms with E-state index in [1.807, 2.05) is 31.3 Å². The van der Waals surface area contributed by atoms with Crippen molar-refractivity contribution in [2.75, 3.05) is 7.05 Å². The highest BCUT2D eigenvalue weighted by molar-refractivity contribution is 14.1. The van der Waals surface area contributed by atoms with Crippen LogP contribution in [0.15, 0.2) is 36.4 Å². The molecule has 0 heterocycles. The number of nitrogens with one attached hydrogen (secondary N) is 1. The maximum absolute atomic E-state index is 13.4. The first kappa shape index (κ1) is 14.8. The second kappa shape index (κ2) is 6.20. The predicted molar refractivity (Wildman–Crippen MR) is 86.2 cm³/mol. The Labute approximate surface area is 131 Å². The molecular formula is C15H14ClFIN. The lowest BCUT2D eigenvalue weighted by molar-refractivity contribution is 0.614. The summed E-state index contributed by atoms with van der Waals surface area (Å²) in [7, 11) is 1.89. The third kappa shape index (κ3) is 3.27. The van der Waals surface area contributed by atoms with Gasteiger partial charge < -0.3 is 5.32 Å². The normalized spacial score (nSPS) is 12.5. The molecule has 0 spiro atoms. The summed E-state index contributed by atoms with van der Waals surface area (Å²) < 4.78 is 14.5. The van der Waals surface area contributed by atoms with Crippen LogP contribution in [0.4, 0.5) is 4.39 Å². The minimum absolute atomic E-state index is 0.00454. The number of halogens is 3. The van der Waals surface area contributed by atoms with E-state index in [-0.39, 0.29) is 11.9 Å². The Bertz CT molecular complexity index is 601. The lowest BCUT2D eigenvalue weighted by Gasteiger charge is -2.19. The van der Waals surface area contributed by atoms with Crippen molar-refractivity contribution in [1.82, 2.24) is 5.32 Å². The summed E-state index contributed by atoms with van der Waals surface area (Å²) in [4.78, 5) is 0. The zero-order valence-corrected chi connectivity index (χ0v) is 13.6. The fraction of sp³-hybridized carbons (Fsp3) is 0.200. The van der Waals surface area contributed by atoms with Gasteiger partial charge in [-0.05, 0) is 77.5 Å². The van der Waals surface area contributed by atoms with Crippen molar-refractivity contribution in [2.45, 2.75) is 13.0 Å². The van der Waals surface area contributed by atoms with E-state index in [9.17, 15) is 4.39 Å². The molecule has 4 heteroatoms. The zero-order chi connectivity index (χ0) is 14.0. The molecule has 2 aromatic carbocycles. The summed E-state index contributed by atoms with van der Waals surface area (Å²) in [5, 5.41) is 3.97. The van der Waals surface area contributed by atoms with Crippen LogP contribution in [0.25, 0.3) is 0 Å². The topological polar surface area (TPSA) is 12.0 Å². The second-order valence-corrected chi connectivity index (χ2v) is 5.99. The lowest BCUT2D eigenvalue weighted by Crippen LogP contribution is -2.19. The summed E-state index contributed by atoms with van der Waals surface area (Å²) >= 11 is 8.36. The maximum atomic E-state index is 13.4. The average Bonchev–Trinajstić information content (AvgIpc) is 2.38. The minimum Gasteiger partial charge on any atom is -0.309 e. The van der Waals surface area contributed by atoms with Crippen LogP contribution in [0.3, 0.4) is 0 Å². The van der Waals surface area contributed by atoms with Gasteiger partial charge >= 0.3 is 0 Å². The summed E-state index contributed by atoms with van der Waals surface area (Å²) in [5.74, 6) is -0.181. The fourth-order valence-electron chi connectivity index (χ4n) is 2.09. The van der Waals surface area contributed by atoms with Crippen LogP contribution in [-0.2, 0) is 0 Å². The van der Waals surface area contributed by atoms with Gasteiger partial charge in [0.05, 0.1) is 6.04 Å². The molecule has 0 radical (unpaired) electrons. The van der Waals surface area contributed by atoms with Gasteiger partial charge in [0, 0.05) is 8.59 Å². The summed E-state index contributed by atoms with van der Waals surface area (Å²) in [5.41, 5.74) is 2.78. The van der Waals surface area contributed by atoms with E-state index < -0.39 is 0 Å². The van der Waals surface area contributed by atoms with Crippen molar-refractivity contribution in [3.05, 3.63) is 67.5 Å². The SMILES string of the molecule is CNC(c1ccc(F)c(C)c1)c1cc(Cl)ccc1I. The van der Waals surface area contributed by atoms with E-state index in [1.54, 1.807) is 13.0 Å². The van der Waals surface area contributed by atoms with E-state index in [2.05, 4.69) is 27.9 Å². The molecule has 0 saturated heterocycles. The Hall–Kier alpha value is -0.650. The maximum Gasteiger partial charge on any atom is 0.126 e. The molecule has 2 aromatic rings. The molecule has 0 saturated carbocycles. The molecule has 19 heavy (non-hydrogen) atoms. The van der Waals surface area contributed by atoms with E-state index in [0.717, 1.165) is 14.7 Å². The number of rotatable bonds is 3. The Morgan fingerprint density at radius 2 is 1.95 bits per heavy atom. The van der Waals surface area contributed by atoms with Crippen molar-refractivity contribution in [3.8, 4) is 0 Å². The highest BCUT2D eigenvalue weighted by atomic mass is 127. The standard InChI is InChI=1S/C15H14ClFIN/c1-9-7-10(3-5-13(9)17)15(19-2)12-8-11(16)4-6-14(12)18/h3-8,15,19H,1-2H3. The van der Waals surface area contributed by atoms with Crippen LogP contribution in [0.2, 0.25) is 5.02 Å². The molecule has 1 unspecified atom stereocenters. The molecule has 0 aromatic heterocycles. The molecular weight excluding hydrogens is 376 g/mol. The van der Waals surface area contributed by atoms with Gasteiger partial charge in [0.1, 0.15) is 5.82 Å². The quantitative estimate of drug-likeness (QED) is 0.750. The Balaban J connectivity index is 2.49. The van der Waals surface area contributed by atoms with E-state index >= 15 is 0 Å². The van der Waals surface area contributed by atoms with Gasteiger partial charge in [0.2, 0.25) is 0 Å². The first-order chi connectivity index (χ1) is 9.02. The lowest BCUT2D eigenvalue weighted by atomic mass is 9.97. The van der Waals surface area contributed by atoms with Crippen molar-refractivity contribution in [1.29, 1.82) is 0 Å². The summed E-state index contributed by atoms with van der Waals surface area (Å²) in [6.07, 6.45) is 0. The Morgan fingerprint density at radius 1 is 1.21 bits per heavy atom. The molecule has 1 N–H and O–H groups in total. The number of hydrogen-bond acceptors (Lipinski definition) is 1. The Kier molecular flexibility index (Phi) is 4.81. The van der Waals surface area contributed by atoms with Crippen molar-refractivity contribution in [3.63, 3.8) is 0 Å². The van der Waals surface area contributed by atoms with Crippen LogP contribution in [0, 0.1) is 16.3 Å². The molecule has 0 amide bonds. The van der Waals surface area contributed by atoms with E-state index in [0.29, 0.717) is 10.6 Å². The highest BCUT2D eigenvalue weighted by Gasteiger charge is 2.16. The first-order valence-electron chi connectivity index (χ1n) is 5.91. The molecule has 1 atom stereocenters. The Morgan fingerprint density at radius 3 is 2.58 bits per heavy atom. The third-order valence-electron chi connectivity index (χ3n) is 3.07. The van der Waals surface area contributed by atoms with Crippen LogP contribution in [0.5, 0.6) is 0 Å². The van der Waals surface area contributed by atoms with Crippen molar-refractivity contribution in [2.24, 2.45) is 0 Å². The van der Waals surface area contributed by atoms with Gasteiger partial charge in [0.15, 0.2) is 0 Å². The summed E-state index contributed by atoms with van der Waals surface area (Å²) in [6, 6.07) is 11.0. The van der Waals surface area contributed by atoms with Gasteiger partial charge in [-0.25, -0.2) is 4.39 Å². The molecule has 0 aliphatic carbocycles. The largest absolute Gasteiger partial charge is 0.309 e. The first-order valence-corrected chi connectivity index (χ1v) is 7.37. The smallest absolute Gasteiger partial charge is 0.126 e. The van der Waals surface area contributed by atoms with Gasteiger partial charge in [-0.3, -0.25) is 0 Å². The van der Waals surface area contributed by atoms with E-state index in [1.165, 1.54) is 6.07 Å². The van der Waals surface area contributed by atoms with Crippen LogP contribution < -0.4 is 5.32 Å². The summed E-state index contributed by atoms with van der Waals surface area (Å²) in [6.45, 7) is 1.77. The number of aryl methyl sites for hydroxylation is 1. The average molecular weight is 390 g/mol. The van der Waals surface area contributed by atoms with Gasteiger partial charge in [-0.15, -0.1) is 0 Å². The van der Waals surface area contributed by atoms with Crippen LogP contribution >= 0.6 is 34.2 Å². The fourth-order valence-corrected chi connectivity index (χ4v) is 2.91. The monoisotopic (exact) mass is 389 g/mol.